The normalized spacial score (nSPS) is 13.9. The van der Waals surface area contributed by atoms with Crippen LogP contribution in [0.25, 0.3) is 0 Å². The molecule has 10 heteroatoms. The summed E-state index contributed by atoms with van der Waals surface area (Å²) in [6, 6.07) is 0. The van der Waals surface area contributed by atoms with Crippen LogP contribution < -0.4 is 0 Å². The molecular weight excluding hydrogens is 894 g/mol. The molecule has 9 nitrogen and oxygen atoms in total. The molecule has 70 heavy (non-hydrogen) atoms. The van der Waals surface area contributed by atoms with Gasteiger partial charge in [-0.25, -0.2) is 4.57 Å². The first kappa shape index (κ1) is 67.5. The standard InChI is InChI=1S/C60H108NO8P/c1-6-8-10-12-14-16-18-20-21-22-23-24-25-26-27-28-29-30-31-32-33-34-35-36-37-38-39-41-43-45-47-49-51-53-60(63)69-58(57-68-70(64,65)67-55-54-61(3,4)5)56-66-59(62)52-50-48-46-44-42-40-19-17-15-13-11-9-7-2/h8,10,14,16-17,19-21,23-24,26-27,58H,6-7,9,11-13,15,18,22,25,28-57H2,1-5H3/p+1/b10-8-,16-14-,19-17-,21-20-,24-23-,27-26-. The van der Waals surface area contributed by atoms with Crippen LogP contribution in [0, 0.1) is 0 Å². The lowest BCUT2D eigenvalue weighted by atomic mass is 10.0. The molecule has 406 valence electrons. The van der Waals surface area contributed by atoms with E-state index in [9.17, 15) is 19.0 Å². The van der Waals surface area contributed by atoms with E-state index in [1.165, 1.54) is 128 Å². The molecule has 2 atom stereocenters. The predicted molar refractivity (Wildman–Crippen MR) is 298 cm³/mol. The molecule has 0 bridgehead atoms. The third kappa shape index (κ3) is 54.8. The van der Waals surface area contributed by atoms with Gasteiger partial charge in [-0.1, -0.05) is 222 Å². The number of phosphoric acid groups is 1. The molecule has 0 aliphatic rings. The molecular formula is C60H109NO8P+. The van der Waals surface area contributed by atoms with Crippen LogP contribution in [0.15, 0.2) is 72.9 Å². The van der Waals surface area contributed by atoms with Crippen LogP contribution in [0.3, 0.4) is 0 Å². The molecule has 0 amide bonds. The van der Waals surface area contributed by atoms with Crippen molar-refractivity contribution < 1.29 is 42.1 Å². The number of likely N-dealkylation sites (N-methyl/N-ethyl adjacent to an activating group) is 1. The maximum Gasteiger partial charge on any atom is 0.472 e. The van der Waals surface area contributed by atoms with Crippen molar-refractivity contribution in [2.24, 2.45) is 0 Å². The fourth-order valence-electron chi connectivity index (χ4n) is 7.80. The third-order valence-electron chi connectivity index (χ3n) is 12.2. The summed E-state index contributed by atoms with van der Waals surface area (Å²) in [5.41, 5.74) is 0. The van der Waals surface area contributed by atoms with Crippen molar-refractivity contribution in [3.63, 3.8) is 0 Å². The fourth-order valence-corrected chi connectivity index (χ4v) is 8.54. The van der Waals surface area contributed by atoms with E-state index in [1.54, 1.807) is 0 Å². The molecule has 0 saturated carbocycles. The molecule has 0 radical (unpaired) electrons. The van der Waals surface area contributed by atoms with Gasteiger partial charge in [0.15, 0.2) is 6.10 Å². The Bertz CT molecular complexity index is 1410. The van der Waals surface area contributed by atoms with E-state index >= 15 is 0 Å². The number of rotatable bonds is 52. The van der Waals surface area contributed by atoms with Gasteiger partial charge in [0.2, 0.25) is 0 Å². The molecule has 2 unspecified atom stereocenters. The van der Waals surface area contributed by atoms with Crippen LogP contribution in [-0.4, -0.2) is 74.9 Å². The molecule has 0 rings (SSSR count). The molecule has 0 fully saturated rings. The molecule has 0 heterocycles. The Hall–Kier alpha value is -2.55. The van der Waals surface area contributed by atoms with Crippen LogP contribution in [0.4, 0.5) is 0 Å². The zero-order chi connectivity index (χ0) is 51.3. The number of allylic oxidation sites excluding steroid dienone is 12. The number of phosphoric ester groups is 1. The maximum absolute atomic E-state index is 12.8. The lowest BCUT2D eigenvalue weighted by Crippen LogP contribution is -2.37. The smallest absolute Gasteiger partial charge is 0.462 e. The summed E-state index contributed by atoms with van der Waals surface area (Å²) in [6.07, 6.45) is 66.9. The van der Waals surface area contributed by atoms with E-state index in [4.69, 9.17) is 18.5 Å². The lowest BCUT2D eigenvalue weighted by Gasteiger charge is -2.24. The number of unbranched alkanes of at least 4 members (excludes halogenated alkanes) is 26. The van der Waals surface area contributed by atoms with Crippen LogP contribution in [0.5, 0.6) is 0 Å². The van der Waals surface area contributed by atoms with Gasteiger partial charge >= 0.3 is 19.8 Å². The summed E-state index contributed by atoms with van der Waals surface area (Å²) >= 11 is 0. The number of hydrogen-bond acceptors (Lipinski definition) is 7. The minimum absolute atomic E-state index is 0.0296. The van der Waals surface area contributed by atoms with E-state index in [0.717, 1.165) is 83.5 Å². The van der Waals surface area contributed by atoms with E-state index in [1.807, 2.05) is 21.1 Å². The van der Waals surface area contributed by atoms with E-state index in [0.29, 0.717) is 17.4 Å². The van der Waals surface area contributed by atoms with Crippen LogP contribution in [0.1, 0.15) is 245 Å². The predicted octanol–water partition coefficient (Wildman–Crippen LogP) is 17.7. The Morgan fingerprint density at radius 2 is 0.814 bits per heavy atom. The van der Waals surface area contributed by atoms with Gasteiger partial charge in [0.25, 0.3) is 0 Å². The highest BCUT2D eigenvalue weighted by Crippen LogP contribution is 2.43. The number of nitrogens with zero attached hydrogens (tertiary/aromatic N) is 1. The Morgan fingerprint density at radius 3 is 1.23 bits per heavy atom. The summed E-state index contributed by atoms with van der Waals surface area (Å²) in [5, 5.41) is 0. The second-order valence-electron chi connectivity index (χ2n) is 20.3. The number of ether oxygens (including phenoxy) is 2. The van der Waals surface area contributed by atoms with E-state index < -0.39 is 26.5 Å². The van der Waals surface area contributed by atoms with Crippen LogP contribution in [0.2, 0.25) is 0 Å². The monoisotopic (exact) mass is 1000 g/mol. The highest BCUT2D eigenvalue weighted by atomic mass is 31.2. The largest absolute Gasteiger partial charge is 0.472 e. The summed E-state index contributed by atoms with van der Waals surface area (Å²) in [4.78, 5) is 35.6. The van der Waals surface area contributed by atoms with Crippen molar-refractivity contribution in [1.82, 2.24) is 0 Å². The van der Waals surface area contributed by atoms with Gasteiger partial charge in [-0.2, -0.15) is 0 Å². The van der Waals surface area contributed by atoms with Crippen molar-refractivity contribution in [3.05, 3.63) is 72.9 Å². The average Bonchev–Trinajstić information content (AvgIpc) is 3.32. The van der Waals surface area contributed by atoms with Gasteiger partial charge in [-0.05, 0) is 83.5 Å². The Balaban J connectivity index is 4.04. The lowest BCUT2D eigenvalue weighted by molar-refractivity contribution is -0.870. The zero-order valence-corrected chi connectivity index (χ0v) is 46.9. The van der Waals surface area contributed by atoms with Crippen LogP contribution >= 0.6 is 7.82 Å². The molecule has 0 saturated heterocycles. The van der Waals surface area contributed by atoms with Crippen molar-refractivity contribution in [3.8, 4) is 0 Å². The van der Waals surface area contributed by atoms with Crippen molar-refractivity contribution in [2.45, 2.75) is 251 Å². The van der Waals surface area contributed by atoms with Crippen molar-refractivity contribution in [2.75, 3.05) is 47.5 Å². The summed E-state index contributed by atoms with van der Waals surface area (Å²) in [7, 11) is 1.47. The van der Waals surface area contributed by atoms with Gasteiger partial charge in [0.05, 0.1) is 27.7 Å². The quantitative estimate of drug-likeness (QED) is 0.0211. The van der Waals surface area contributed by atoms with Crippen molar-refractivity contribution in [1.29, 1.82) is 0 Å². The number of carbonyl (C=O) groups excluding carboxylic acids is 2. The Labute approximate surface area is 431 Å². The summed E-state index contributed by atoms with van der Waals surface area (Å²) in [5.74, 6) is -0.803. The molecule has 0 aromatic carbocycles. The van der Waals surface area contributed by atoms with E-state index in [2.05, 4.69) is 86.8 Å². The minimum Gasteiger partial charge on any atom is -0.462 e. The highest BCUT2D eigenvalue weighted by molar-refractivity contribution is 7.47. The third-order valence-corrected chi connectivity index (χ3v) is 13.2. The highest BCUT2D eigenvalue weighted by Gasteiger charge is 2.27. The topological polar surface area (TPSA) is 108 Å². The van der Waals surface area contributed by atoms with E-state index in [-0.39, 0.29) is 32.0 Å². The van der Waals surface area contributed by atoms with Gasteiger partial charge in [0, 0.05) is 12.8 Å². The van der Waals surface area contributed by atoms with Gasteiger partial charge in [-0.3, -0.25) is 18.6 Å². The maximum atomic E-state index is 12.8. The van der Waals surface area contributed by atoms with Gasteiger partial charge in [0.1, 0.15) is 19.8 Å². The molecule has 0 aromatic rings. The SMILES string of the molecule is CC/C=C\C/C=C\C/C=C\C/C=C\C/C=C\CCCCCCCCCCCCCCCCCCCC(=O)OC(COC(=O)CCCCCCC/C=C\CCCCCC)COP(=O)(O)OCC[N+](C)(C)C. The van der Waals surface area contributed by atoms with Crippen LogP contribution in [-0.2, 0) is 32.7 Å². The Kier molecular flexibility index (Phi) is 49.5. The average molecular weight is 1000 g/mol. The molecule has 0 spiro atoms. The molecule has 0 aromatic heterocycles. The summed E-state index contributed by atoms with van der Waals surface area (Å²) in [6.45, 7) is 4.30. The molecule has 0 aliphatic carbocycles. The zero-order valence-electron chi connectivity index (χ0n) is 46.0. The fraction of sp³-hybridized carbons (Fsp3) is 0.767. The number of esters is 2. The second kappa shape index (κ2) is 51.4. The number of quaternary nitrogens is 1. The Morgan fingerprint density at radius 1 is 0.457 bits per heavy atom. The first-order valence-electron chi connectivity index (χ1n) is 28.7. The first-order chi connectivity index (χ1) is 34.0. The molecule has 1 N–H and O–H groups in total. The molecule has 0 aliphatic heterocycles. The number of carbonyl (C=O) groups is 2. The number of hydrogen-bond donors (Lipinski definition) is 1. The van der Waals surface area contributed by atoms with Gasteiger partial charge < -0.3 is 18.9 Å². The first-order valence-corrected chi connectivity index (χ1v) is 30.2. The minimum atomic E-state index is -4.38. The van der Waals surface area contributed by atoms with Crippen molar-refractivity contribution >= 4 is 19.8 Å². The summed E-state index contributed by atoms with van der Waals surface area (Å²) < 4.78 is 34.5. The second-order valence-corrected chi connectivity index (χ2v) is 21.7. The van der Waals surface area contributed by atoms with Gasteiger partial charge in [-0.15, -0.1) is 0 Å².